The molecule has 2 aromatic heterocycles. The average Bonchev–Trinajstić information content (AvgIpc) is 2.80. The van der Waals surface area contributed by atoms with Gasteiger partial charge in [0.25, 0.3) is 5.91 Å². The maximum Gasteiger partial charge on any atom is 0.407 e. The maximum absolute atomic E-state index is 13.6. The highest BCUT2D eigenvalue weighted by molar-refractivity contribution is 6.28. The lowest BCUT2D eigenvalue weighted by molar-refractivity contribution is -0.0164. The van der Waals surface area contributed by atoms with E-state index in [0.29, 0.717) is 18.8 Å². The van der Waals surface area contributed by atoms with Crippen molar-refractivity contribution in [2.75, 3.05) is 13.1 Å². The van der Waals surface area contributed by atoms with Crippen LogP contribution >= 0.6 is 11.6 Å². The third-order valence-electron chi connectivity index (χ3n) is 6.74. The van der Waals surface area contributed by atoms with Crippen molar-refractivity contribution in [3.05, 3.63) is 94.0 Å². The summed E-state index contributed by atoms with van der Waals surface area (Å²) in [4.78, 5) is 37.2. The molecule has 3 heterocycles. The maximum atomic E-state index is 13.6. The van der Waals surface area contributed by atoms with E-state index in [0.717, 1.165) is 29.5 Å². The topological polar surface area (TPSA) is 108 Å². The zero-order chi connectivity index (χ0) is 25.4. The summed E-state index contributed by atoms with van der Waals surface area (Å²) in [5, 5.41) is 12.1. The molecule has 1 atom stereocenters. The molecule has 1 saturated heterocycles. The number of amides is 2. The molecule has 2 fully saturated rings. The number of halogens is 2. The van der Waals surface area contributed by atoms with Gasteiger partial charge in [0.2, 0.25) is 5.28 Å². The lowest BCUT2D eigenvalue weighted by Crippen LogP contribution is -2.61. The van der Waals surface area contributed by atoms with Gasteiger partial charge in [-0.05, 0) is 60.7 Å². The molecule has 0 unspecified atom stereocenters. The fourth-order valence-electron chi connectivity index (χ4n) is 4.96. The van der Waals surface area contributed by atoms with Gasteiger partial charge in [0.15, 0.2) is 0 Å². The quantitative estimate of drug-likeness (QED) is 0.483. The lowest BCUT2D eigenvalue weighted by atomic mass is 9.59. The molecule has 2 N–H and O–H groups in total. The third-order valence-corrected chi connectivity index (χ3v) is 6.92. The van der Waals surface area contributed by atoms with Gasteiger partial charge in [-0.25, -0.2) is 19.2 Å². The van der Waals surface area contributed by atoms with Crippen LogP contribution in [0.4, 0.5) is 9.18 Å². The van der Waals surface area contributed by atoms with Gasteiger partial charge in [-0.3, -0.25) is 9.78 Å². The molecule has 2 aliphatic rings. The van der Waals surface area contributed by atoms with Gasteiger partial charge in [-0.15, -0.1) is 0 Å². The summed E-state index contributed by atoms with van der Waals surface area (Å²) in [7, 11) is 0. The van der Waals surface area contributed by atoms with Crippen LogP contribution in [0.1, 0.15) is 53.1 Å². The number of hydrogen-bond donors (Lipinski definition) is 2. The molecule has 0 radical (unpaired) electrons. The Labute approximate surface area is 211 Å². The van der Waals surface area contributed by atoms with Gasteiger partial charge in [-0.2, -0.15) is 0 Å². The summed E-state index contributed by atoms with van der Waals surface area (Å²) in [6, 6.07) is 12.0. The number of likely N-dealkylation sites (tertiary alicyclic amines) is 1. The van der Waals surface area contributed by atoms with Crippen LogP contribution in [0.15, 0.2) is 60.4 Å². The summed E-state index contributed by atoms with van der Waals surface area (Å²) in [6.45, 7) is 2.93. The zero-order valence-corrected chi connectivity index (χ0v) is 20.2. The monoisotopic (exact) mass is 507 g/mol. The Morgan fingerprint density at radius 1 is 1.08 bits per heavy atom. The second-order valence-corrected chi connectivity index (χ2v) is 9.70. The highest BCUT2D eigenvalue weighted by atomic mass is 35.5. The van der Waals surface area contributed by atoms with Crippen molar-refractivity contribution in [3.63, 3.8) is 0 Å². The molecule has 1 aromatic carbocycles. The van der Waals surface area contributed by atoms with Gasteiger partial charge >= 0.3 is 6.09 Å². The molecule has 3 aromatic rings. The number of rotatable bonds is 5. The Morgan fingerprint density at radius 2 is 1.81 bits per heavy atom. The van der Waals surface area contributed by atoms with E-state index in [4.69, 9.17) is 11.6 Å². The first-order valence-corrected chi connectivity index (χ1v) is 11.8. The van der Waals surface area contributed by atoms with Crippen LogP contribution in [-0.4, -0.2) is 50.0 Å². The molecule has 1 aliphatic carbocycles. The number of carboxylic acid groups (broad SMARTS) is 1. The number of allylic oxidation sites excluding steroid dienone is 1. The van der Waals surface area contributed by atoms with E-state index < -0.39 is 11.9 Å². The molecule has 184 valence electrons. The van der Waals surface area contributed by atoms with Crippen LogP contribution in [0.3, 0.4) is 0 Å². The Bertz CT molecular complexity index is 1340. The van der Waals surface area contributed by atoms with E-state index in [1.165, 1.54) is 35.0 Å². The summed E-state index contributed by atoms with van der Waals surface area (Å²) < 4.78 is 13.6. The van der Waals surface area contributed by atoms with Crippen LogP contribution in [-0.2, 0) is 0 Å². The van der Waals surface area contributed by atoms with E-state index in [1.54, 1.807) is 6.07 Å². The second-order valence-electron chi connectivity index (χ2n) is 9.36. The van der Waals surface area contributed by atoms with E-state index >= 15 is 0 Å². The number of carbonyl (C=O) groups excluding carboxylic acids is 1. The Balaban J connectivity index is 1.36. The fraction of sp³-hybridized carbons (Fsp3) is 0.269. The lowest BCUT2D eigenvalue weighted by Gasteiger charge is -2.56. The predicted octanol–water partition coefficient (Wildman–Crippen LogP) is 4.73. The smallest absolute Gasteiger partial charge is 0.407 e. The summed E-state index contributed by atoms with van der Waals surface area (Å²) in [5.74, 6) is -0.765. The molecule has 36 heavy (non-hydrogen) atoms. The molecule has 1 saturated carbocycles. The van der Waals surface area contributed by atoms with Crippen molar-refractivity contribution in [3.8, 4) is 0 Å². The number of benzene rings is 1. The normalized spacial score (nSPS) is 16.6. The van der Waals surface area contributed by atoms with Gasteiger partial charge in [0, 0.05) is 30.3 Å². The van der Waals surface area contributed by atoms with E-state index in [1.807, 2.05) is 31.2 Å². The van der Waals surface area contributed by atoms with Crippen LogP contribution in [0.2, 0.25) is 5.28 Å². The highest BCUT2D eigenvalue weighted by Gasteiger charge is 2.52. The Hall–Kier alpha value is -3.85. The molecular formula is C26H23ClFN5O3. The van der Waals surface area contributed by atoms with Crippen molar-refractivity contribution in [2.24, 2.45) is 5.41 Å². The van der Waals surface area contributed by atoms with Crippen molar-refractivity contribution < 1.29 is 19.1 Å². The SMILES string of the molecule is C[C@@H](NC(=O)c1ccnc(Cl)n1)c1ccc(C(=C2CC3(C2)CN(C(=O)O)C3)c2ccc(F)cn2)cc1. The first-order chi connectivity index (χ1) is 17.2. The van der Waals surface area contributed by atoms with Crippen LogP contribution in [0.5, 0.6) is 0 Å². The van der Waals surface area contributed by atoms with Gasteiger partial charge in [-0.1, -0.05) is 29.8 Å². The molecule has 2 amide bonds. The minimum Gasteiger partial charge on any atom is -0.465 e. The fourth-order valence-corrected chi connectivity index (χ4v) is 5.11. The molecule has 0 bridgehead atoms. The summed E-state index contributed by atoms with van der Waals surface area (Å²) >= 11 is 5.78. The molecular weight excluding hydrogens is 485 g/mol. The number of hydrogen-bond acceptors (Lipinski definition) is 5. The molecule has 8 nitrogen and oxygen atoms in total. The largest absolute Gasteiger partial charge is 0.465 e. The summed E-state index contributed by atoms with van der Waals surface area (Å²) in [6.07, 6.45) is 3.29. The number of pyridine rings is 1. The van der Waals surface area contributed by atoms with Gasteiger partial charge in [0.1, 0.15) is 11.5 Å². The number of carbonyl (C=O) groups is 2. The first kappa shape index (κ1) is 23.9. The molecule has 10 heteroatoms. The van der Waals surface area contributed by atoms with Crippen molar-refractivity contribution >= 4 is 29.2 Å². The van der Waals surface area contributed by atoms with E-state index in [-0.39, 0.29) is 28.3 Å². The minimum atomic E-state index is -0.891. The molecule has 1 aliphatic heterocycles. The molecule has 1 spiro atoms. The zero-order valence-electron chi connectivity index (χ0n) is 19.4. The Morgan fingerprint density at radius 3 is 2.42 bits per heavy atom. The second kappa shape index (κ2) is 9.31. The minimum absolute atomic E-state index is 0.00460. The van der Waals surface area contributed by atoms with Gasteiger partial charge < -0.3 is 15.3 Å². The van der Waals surface area contributed by atoms with Crippen LogP contribution in [0.25, 0.3) is 5.57 Å². The summed E-state index contributed by atoms with van der Waals surface area (Å²) in [5.41, 5.74) is 4.78. The van der Waals surface area contributed by atoms with E-state index in [2.05, 4.69) is 20.3 Å². The Kier molecular flexibility index (Phi) is 6.17. The van der Waals surface area contributed by atoms with Crippen molar-refractivity contribution in [2.45, 2.75) is 25.8 Å². The predicted molar refractivity (Wildman–Crippen MR) is 131 cm³/mol. The third kappa shape index (κ3) is 4.66. The average molecular weight is 508 g/mol. The van der Waals surface area contributed by atoms with E-state index in [9.17, 15) is 19.1 Å². The van der Waals surface area contributed by atoms with Gasteiger partial charge in [0.05, 0.1) is 17.9 Å². The van der Waals surface area contributed by atoms with Crippen molar-refractivity contribution in [1.82, 2.24) is 25.2 Å². The number of nitrogens with one attached hydrogen (secondary N) is 1. The van der Waals surface area contributed by atoms with Crippen molar-refractivity contribution in [1.29, 1.82) is 0 Å². The number of nitrogens with zero attached hydrogens (tertiary/aromatic N) is 4. The molecule has 5 rings (SSSR count). The van der Waals surface area contributed by atoms with Crippen LogP contribution < -0.4 is 5.32 Å². The number of aromatic nitrogens is 3. The van der Waals surface area contributed by atoms with Crippen LogP contribution in [0, 0.1) is 11.2 Å². The first-order valence-electron chi connectivity index (χ1n) is 11.4. The standard InChI is InChI=1S/C26H23ClFN5O3/c1-15(31-23(34)21-8-9-29-24(27)32-21)16-2-4-17(5-3-16)22(20-7-6-19(28)12-30-20)18-10-26(11-18)13-33(14-26)25(35)36/h2-9,12,15H,10-11,13-14H2,1H3,(H,31,34)(H,35,36)/t15-/m1/s1. The highest BCUT2D eigenvalue weighted by Crippen LogP contribution is 2.54.